The Morgan fingerprint density at radius 2 is 1.53 bits per heavy atom. The van der Waals surface area contributed by atoms with E-state index in [0.717, 1.165) is 16.7 Å². The maximum Gasteiger partial charge on any atom is 0.262 e. The van der Waals surface area contributed by atoms with Crippen LogP contribution in [-0.2, 0) is 16.6 Å². The molecule has 0 aliphatic carbocycles. The van der Waals surface area contributed by atoms with Crippen molar-refractivity contribution in [3.05, 3.63) is 94.5 Å². The third kappa shape index (κ3) is 5.07. The quantitative estimate of drug-likeness (QED) is 0.627. The molecule has 3 aromatic carbocycles. The van der Waals surface area contributed by atoms with Crippen LogP contribution in [0.4, 0.5) is 5.69 Å². The lowest BCUT2D eigenvalue weighted by atomic mass is 10.1. The van der Waals surface area contributed by atoms with Gasteiger partial charge in [0.15, 0.2) is 0 Å². The molecule has 0 saturated heterocycles. The van der Waals surface area contributed by atoms with Gasteiger partial charge in [-0.2, -0.15) is 0 Å². The summed E-state index contributed by atoms with van der Waals surface area (Å²) >= 11 is 0. The van der Waals surface area contributed by atoms with E-state index in [1.54, 1.807) is 43.1 Å². The Labute approximate surface area is 178 Å². The van der Waals surface area contributed by atoms with E-state index in [4.69, 9.17) is 0 Å². The summed E-state index contributed by atoms with van der Waals surface area (Å²) in [4.78, 5) is 14.6. The number of sulfonamides is 1. The van der Waals surface area contributed by atoms with Crippen molar-refractivity contribution in [2.24, 2.45) is 0 Å². The summed E-state index contributed by atoms with van der Waals surface area (Å²) in [5.74, 6) is -0.235. The number of carbonyl (C=O) groups is 1. The molecule has 6 heteroatoms. The van der Waals surface area contributed by atoms with Gasteiger partial charge < -0.3 is 4.90 Å². The first-order valence-corrected chi connectivity index (χ1v) is 11.2. The lowest BCUT2D eigenvalue weighted by Crippen LogP contribution is -2.26. The summed E-state index contributed by atoms with van der Waals surface area (Å²) in [5.41, 5.74) is 4.36. The van der Waals surface area contributed by atoms with Crippen LogP contribution in [-0.4, -0.2) is 26.3 Å². The van der Waals surface area contributed by atoms with Crippen LogP contribution in [0.1, 0.15) is 32.6 Å². The molecule has 3 aromatic rings. The Morgan fingerprint density at radius 1 is 0.900 bits per heavy atom. The topological polar surface area (TPSA) is 66.5 Å². The lowest BCUT2D eigenvalue weighted by Gasteiger charge is -2.18. The molecule has 0 fully saturated rings. The molecule has 0 bridgehead atoms. The molecule has 3 rings (SSSR count). The number of anilines is 1. The fourth-order valence-electron chi connectivity index (χ4n) is 3.42. The highest BCUT2D eigenvalue weighted by atomic mass is 32.2. The summed E-state index contributed by atoms with van der Waals surface area (Å²) in [6.45, 7) is 5.99. The van der Waals surface area contributed by atoms with Crippen LogP contribution < -0.4 is 4.72 Å². The maximum atomic E-state index is 13.0. The van der Waals surface area contributed by atoms with Crippen LogP contribution >= 0.6 is 0 Å². The Kier molecular flexibility index (Phi) is 6.27. The second kappa shape index (κ2) is 8.71. The minimum Gasteiger partial charge on any atom is -0.337 e. The molecule has 0 radical (unpaired) electrons. The van der Waals surface area contributed by atoms with E-state index in [1.807, 2.05) is 50.2 Å². The van der Waals surface area contributed by atoms with Gasteiger partial charge in [0.05, 0.1) is 4.90 Å². The van der Waals surface area contributed by atoms with E-state index in [1.165, 1.54) is 6.07 Å². The molecule has 30 heavy (non-hydrogen) atoms. The second-order valence-electron chi connectivity index (χ2n) is 7.61. The predicted octanol–water partition coefficient (Wildman–Crippen LogP) is 4.68. The van der Waals surface area contributed by atoms with E-state index in [9.17, 15) is 13.2 Å². The lowest BCUT2D eigenvalue weighted by molar-refractivity contribution is 0.0785. The fraction of sp³-hybridized carbons (Fsp3) is 0.208. The minimum atomic E-state index is -3.84. The van der Waals surface area contributed by atoms with Crippen LogP contribution in [0.3, 0.4) is 0 Å². The van der Waals surface area contributed by atoms with Gasteiger partial charge in [-0.3, -0.25) is 9.52 Å². The standard InChI is InChI=1S/C24H26N2O3S/c1-17-12-18(2)14-22(13-17)25-30(28,29)23-15-21(11-10-19(23)3)24(27)26(4)16-20-8-6-5-7-9-20/h5-15,25H,16H2,1-4H3. The Hall–Kier alpha value is -3.12. The van der Waals surface area contributed by atoms with Crippen LogP contribution in [0, 0.1) is 20.8 Å². The average molecular weight is 423 g/mol. The monoisotopic (exact) mass is 422 g/mol. The minimum absolute atomic E-state index is 0.0978. The SMILES string of the molecule is Cc1cc(C)cc(NS(=O)(=O)c2cc(C(=O)N(C)Cc3ccccc3)ccc2C)c1. The van der Waals surface area contributed by atoms with Gasteiger partial charge in [0.2, 0.25) is 0 Å². The number of nitrogens with one attached hydrogen (secondary N) is 1. The van der Waals surface area contributed by atoms with Crippen molar-refractivity contribution in [2.75, 3.05) is 11.8 Å². The normalized spacial score (nSPS) is 11.2. The van der Waals surface area contributed by atoms with Gasteiger partial charge in [-0.05, 0) is 67.3 Å². The van der Waals surface area contributed by atoms with Gasteiger partial charge >= 0.3 is 0 Å². The van der Waals surface area contributed by atoms with E-state index < -0.39 is 10.0 Å². The van der Waals surface area contributed by atoms with Gasteiger partial charge in [-0.15, -0.1) is 0 Å². The first-order chi connectivity index (χ1) is 14.2. The van der Waals surface area contributed by atoms with Crippen LogP contribution in [0.25, 0.3) is 0 Å². The number of hydrogen-bond acceptors (Lipinski definition) is 3. The van der Waals surface area contributed by atoms with E-state index >= 15 is 0 Å². The number of amides is 1. The highest BCUT2D eigenvalue weighted by Gasteiger charge is 2.21. The Morgan fingerprint density at radius 3 is 2.17 bits per heavy atom. The zero-order valence-corrected chi connectivity index (χ0v) is 18.5. The molecule has 0 aromatic heterocycles. The van der Waals surface area contributed by atoms with Crippen molar-refractivity contribution >= 4 is 21.6 Å². The number of benzene rings is 3. The number of carbonyl (C=O) groups excluding carboxylic acids is 1. The van der Waals surface area contributed by atoms with Crippen molar-refractivity contribution in [2.45, 2.75) is 32.2 Å². The molecule has 0 aliphatic heterocycles. The van der Waals surface area contributed by atoms with Crippen LogP contribution in [0.2, 0.25) is 0 Å². The second-order valence-corrected chi connectivity index (χ2v) is 9.26. The van der Waals surface area contributed by atoms with Crippen LogP contribution in [0.5, 0.6) is 0 Å². The van der Waals surface area contributed by atoms with E-state index in [-0.39, 0.29) is 10.8 Å². The molecule has 0 heterocycles. The maximum absolute atomic E-state index is 13.0. The molecular formula is C24H26N2O3S. The Bertz CT molecular complexity index is 1150. The number of hydrogen-bond donors (Lipinski definition) is 1. The summed E-state index contributed by atoms with van der Waals surface area (Å²) in [7, 11) is -2.13. The summed E-state index contributed by atoms with van der Waals surface area (Å²) < 4.78 is 28.7. The van der Waals surface area contributed by atoms with Crippen molar-refractivity contribution in [1.82, 2.24) is 4.90 Å². The smallest absolute Gasteiger partial charge is 0.262 e. The average Bonchev–Trinajstić information content (AvgIpc) is 2.67. The first kappa shape index (κ1) is 21.6. The van der Waals surface area contributed by atoms with Gasteiger partial charge in [0.1, 0.15) is 0 Å². The zero-order chi connectivity index (χ0) is 21.9. The zero-order valence-electron chi connectivity index (χ0n) is 17.6. The van der Waals surface area contributed by atoms with Gasteiger partial charge in [-0.25, -0.2) is 8.42 Å². The van der Waals surface area contributed by atoms with E-state index in [0.29, 0.717) is 23.4 Å². The van der Waals surface area contributed by atoms with Gasteiger partial charge in [0.25, 0.3) is 15.9 Å². The molecule has 0 aliphatic rings. The summed E-state index contributed by atoms with van der Waals surface area (Å²) in [6.07, 6.45) is 0. The van der Waals surface area contributed by atoms with Crippen molar-refractivity contribution in [1.29, 1.82) is 0 Å². The largest absolute Gasteiger partial charge is 0.337 e. The third-order valence-corrected chi connectivity index (χ3v) is 6.33. The molecule has 1 N–H and O–H groups in total. The van der Waals surface area contributed by atoms with E-state index in [2.05, 4.69) is 4.72 Å². The van der Waals surface area contributed by atoms with Crippen molar-refractivity contribution in [3.8, 4) is 0 Å². The molecule has 0 saturated carbocycles. The van der Waals surface area contributed by atoms with Crippen molar-refractivity contribution < 1.29 is 13.2 Å². The first-order valence-electron chi connectivity index (χ1n) is 9.67. The van der Waals surface area contributed by atoms with Gasteiger partial charge in [-0.1, -0.05) is 42.5 Å². The van der Waals surface area contributed by atoms with Crippen molar-refractivity contribution in [3.63, 3.8) is 0 Å². The molecule has 156 valence electrons. The molecule has 1 amide bonds. The Balaban J connectivity index is 1.87. The number of aryl methyl sites for hydroxylation is 3. The third-order valence-electron chi connectivity index (χ3n) is 4.81. The van der Waals surface area contributed by atoms with Crippen LogP contribution in [0.15, 0.2) is 71.6 Å². The highest BCUT2D eigenvalue weighted by molar-refractivity contribution is 7.92. The summed E-state index contributed by atoms with van der Waals surface area (Å²) in [6, 6.07) is 20.0. The fourth-order valence-corrected chi connectivity index (χ4v) is 4.73. The summed E-state index contributed by atoms with van der Waals surface area (Å²) in [5, 5.41) is 0. The number of rotatable bonds is 6. The predicted molar refractivity (Wildman–Crippen MR) is 120 cm³/mol. The molecule has 0 spiro atoms. The highest BCUT2D eigenvalue weighted by Crippen LogP contribution is 2.23. The molecule has 0 atom stereocenters. The van der Waals surface area contributed by atoms with Gasteiger partial charge in [0, 0.05) is 24.8 Å². The molecule has 0 unspecified atom stereocenters. The number of nitrogens with zero attached hydrogens (tertiary/aromatic N) is 1. The molecular weight excluding hydrogens is 396 g/mol. The molecule has 5 nitrogen and oxygen atoms in total.